The fourth-order valence-electron chi connectivity index (χ4n) is 1.41. The van der Waals surface area contributed by atoms with Gasteiger partial charge in [-0.25, -0.2) is 14.5 Å². The quantitative estimate of drug-likeness (QED) is 0.769. The van der Waals surface area contributed by atoms with Gasteiger partial charge in [0, 0.05) is 6.42 Å². The van der Waals surface area contributed by atoms with Crippen LogP contribution in [-0.4, -0.2) is 14.8 Å². The first-order valence-electron chi connectivity index (χ1n) is 4.54. The lowest BCUT2D eigenvalue weighted by atomic mass is 10.3. The van der Waals surface area contributed by atoms with Crippen LogP contribution in [0.25, 0.3) is 5.69 Å². The van der Waals surface area contributed by atoms with Crippen LogP contribution in [0.2, 0.25) is 0 Å². The van der Waals surface area contributed by atoms with Gasteiger partial charge in [0.05, 0.1) is 5.69 Å². The molecule has 72 valence electrons. The van der Waals surface area contributed by atoms with Crippen LogP contribution in [0.15, 0.2) is 35.1 Å². The maximum Gasteiger partial charge on any atom is 0.347 e. The van der Waals surface area contributed by atoms with Gasteiger partial charge in [0.2, 0.25) is 0 Å². The molecule has 2 aromatic rings. The smallest absolute Gasteiger partial charge is 0.247 e. The van der Waals surface area contributed by atoms with Crippen molar-refractivity contribution in [1.29, 1.82) is 0 Å². The van der Waals surface area contributed by atoms with Crippen LogP contribution in [0.1, 0.15) is 12.7 Å². The molecule has 4 heteroatoms. The van der Waals surface area contributed by atoms with Crippen LogP contribution >= 0.6 is 0 Å². The Morgan fingerprint density at radius 2 is 2.07 bits per heavy atom. The molecule has 4 nitrogen and oxygen atoms in total. The predicted molar refractivity (Wildman–Crippen MR) is 53.6 cm³/mol. The Morgan fingerprint density at radius 1 is 1.36 bits per heavy atom. The maximum atomic E-state index is 11.4. The second-order valence-electron chi connectivity index (χ2n) is 2.97. The molecule has 0 saturated heterocycles. The number of para-hydroxylation sites is 1. The Balaban J connectivity index is 2.61. The van der Waals surface area contributed by atoms with Gasteiger partial charge < -0.3 is 0 Å². The lowest BCUT2D eigenvalue weighted by Crippen LogP contribution is -2.16. The van der Waals surface area contributed by atoms with Crippen molar-refractivity contribution in [2.75, 3.05) is 0 Å². The van der Waals surface area contributed by atoms with E-state index in [-0.39, 0.29) is 5.69 Å². The molecule has 0 saturated carbocycles. The van der Waals surface area contributed by atoms with E-state index in [0.717, 1.165) is 17.9 Å². The van der Waals surface area contributed by atoms with Gasteiger partial charge in [0.15, 0.2) is 0 Å². The third-order valence-corrected chi connectivity index (χ3v) is 2.07. The molecule has 0 aliphatic carbocycles. The summed E-state index contributed by atoms with van der Waals surface area (Å²) in [5, 5.41) is 6.38. The highest BCUT2D eigenvalue weighted by atomic mass is 16.1. The van der Waals surface area contributed by atoms with Gasteiger partial charge in [-0.2, -0.15) is 5.10 Å². The summed E-state index contributed by atoms with van der Waals surface area (Å²) in [6.07, 6.45) is 0.730. The molecule has 14 heavy (non-hydrogen) atoms. The van der Waals surface area contributed by atoms with E-state index < -0.39 is 0 Å². The monoisotopic (exact) mass is 189 g/mol. The molecule has 1 aromatic heterocycles. The Hall–Kier alpha value is -1.84. The highest BCUT2D eigenvalue weighted by molar-refractivity contribution is 5.31. The van der Waals surface area contributed by atoms with Crippen molar-refractivity contribution in [1.82, 2.24) is 14.8 Å². The number of rotatable bonds is 2. The fraction of sp³-hybridized carbons (Fsp3) is 0.200. The van der Waals surface area contributed by atoms with Crippen LogP contribution in [0.4, 0.5) is 0 Å². The van der Waals surface area contributed by atoms with Crippen molar-refractivity contribution < 1.29 is 0 Å². The molecule has 1 N–H and O–H groups in total. The van der Waals surface area contributed by atoms with E-state index in [2.05, 4.69) is 10.2 Å². The molecule has 0 radical (unpaired) electrons. The molecule has 0 aliphatic heterocycles. The van der Waals surface area contributed by atoms with Crippen molar-refractivity contribution in [3.8, 4) is 5.69 Å². The molecule has 0 amide bonds. The van der Waals surface area contributed by atoms with Crippen molar-refractivity contribution in [2.24, 2.45) is 0 Å². The molecule has 0 spiro atoms. The summed E-state index contributed by atoms with van der Waals surface area (Å²) in [5.74, 6) is 0.751. The van der Waals surface area contributed by atoms with E-state index >= 15 is 0 Å². The second-order valence-corrected chi connectivity index (χ2v) is 2.97. The lowest BCUT2D eigenvalue weighted by molar-refractivity contribution is 0.873. The first-order chi connectivity index (χ1) is 6.83. The number of aryl methyl sites for hydroxylation is 1. The van der Waals surface area contributed by atoms with Gasteiger partial charge >= 0.3 is 5.69 Å². The largest absolute Gasteiger partial charge is 0.347 e. The zero-order chi connectivity index (χ0) is 9.97. The normalized spacial score (nSPS) is 10.4. The fourth-order valence-corrected chi connectivity index (χ4v) is 1.41. The Labute approximate surface area is 81.2 Å². The number of nitrogens with zero attached hydrogens (tertiary/aromatic N) is 2. The van der Waals surface area contributed by atoms with Crippen LogP contribution in [0, 0.1) is 0 Å². The second kappa shape index (κ2) is 3.49. The van der Waals surface area contributed by atoms with E-state index in [1.165, 1.54) is 0 Å². The van der Waals surface area contributed by atoms with Gasteiger partial charge in [0.1, 0.15) is 5.82 Å². The molecule has 2 rings (SSSR count). The summed E-state index contributed by atoms with van der Waals surface area (Å²) < 4.78 is 1.58. The average Bonchev–Trinajstić information content (AvgIpc) is 2.61. The van der Waals surface area contributed by atoms with Gasteiger partial charge in [0.25, 0.3) is 0 Å². The van der Waals surface area contributed by atoms with Crippen molar-refractivity contribution in [3.05, 3.63) is 46.6 Å². The molecule has 1 heterocycles. The van der Waals surface area contributed by atoms with E-state index in [4.69, 9.17) is 0 Å². The standard InChI is InChI=1S/C10H11N3O/c1-2-9-11-12-10(14)13(9)8-6-4-3-5-7-8/h3-7H,2H2,1H3,(H,12,14). The number of hydrogen-bond donors (Lipinski definition) is 1. The summed E-state index contributed by atoms with van der Waals surface area (Å²) in [6.45, 7) is 1.97. The van der Waals surface area contributed by atoms with Gasteiger partial charge in [-0.05, 0) is 12.1 Å². The van der Waals surface area contributed by atoms with Crippen molar-refractivity contribution in [3.63, 3.8) is 0 Å². The van der Waals surface area contributed by atoms with E-state index in [1.807, 2.05) is 37.3 Å². The van der Waals surface area contributed by atoms with Crippen LogP contribution < -0.4 is 5.69 Å². The van der Waals surface area contributed by atoms with Crippen LogP contribution in [-0.2, 0) is 6.42 Å². The van der Waals surface area contributed by atoms with Crippen molar-refractivity contribution in [2.45, 2.75) is 13.3 Å². The summed E-state index contributed by atoms with van der Waals surface area (Å²) in [4.78, 5) is 11.4. The average molecular weight is 189 g/mol. The Kier molecular flexibility index (Phi) is 2.18. The third kappa shape index (κ3) is 1.35. The molecule has 0 fully saturated rings. The minimum Gasteiger partial charge on any atom is -0.247 e. The molecule has 0 unspecified atom stereocenters. The zero-order valence-corrected chi connectivity index (χ0v) is 7.90. The maximum absolute atomic E-state index is 11.4. The summed E-state index contributed by atoms with van der Waals surface area (Å²) >= 11 is 0. The number of benzene rings is 1. The molecule has 0 aliphatic rings. The molecule has 0 atom stereocenters. The van der Waals surface area contributed by atoms with E-state index in [1.54, 1.807) is 4.57 Å². The summed E-state index contributed by atoms with van der Waals surface area (Å²) in [7, 11) is 0. The predicted octanol–water partition coefficient (Wildman–Crippen LogP) is 1.12. The number of aromatic nitrogens is 3. The summed E-state index contributed by atoms with van der Waals surface area (Å²) in [5.41, 5.74) is 0.663. The zero-order valence-electron chi connectivity index (χ0n) is 7.90. The number of aromatic amines is 1. The Bertz CT molecular complexity index is 470. The molecular weight excluding hydrogens is 178 g/mol. The minimum atomic E-state index is -0.187. The van der Waals surface area contributed by atoms with E-state index in [9.17, 15) is 4.79 Å². The van der Waals surface area contributed by atoms with Crippen LogP contribution in [0.3, 0.4) is 0 Å². The van der Waals surface area contributed by atoms with Gasteiger partial charge in [-0.1, -0.05) is 25.1 Å². The molecule has 0 bridgehead atoms. The SMILES string of the molecule is CCc1n[nH]c(=O)n1-c1ccccc1. The minimum absolute atomic E-state index is 0.187. The first kappa shape index (κ1) is 8.74. The number of nitrogens with one attached hydrogen (secondary N) is 1. The highest BCUT2D eigenvalue weighted by Crippen LogP contribution is 2.05. The summed E-state index contributed by atoms with van der Waals surface area (Å²) in [6, 6.07) is 9.48. The van der Waals surface area contributed by atoms with E-state index in [0.29, 0.717) is 0 Å². The molecule has 1 aromatic carbocycles. The van der Waals surface area contributed by atoms with Crippen molar-refractivity contribution >= 4 is 0 Å². The topological polar surface area (TPSA) is 50.7 Å². The first-order valence-corrected chi connectivity index (χ1v) is 4.54. The van der Waals surface area contributed by atoms with Gasteiger partial charge in [-0.3, -0.25) is 0 Å². The number of H-pyrrole nitrogens is 1. The van der Waals surface area contributed by atoms with Gasteiger partial charge in [-0.15, -0.1) is 0 Å². The highest BCUT2D eigenvalue weighted by Gasteiger charge is 2.06. The third-order valence-electron chi connectivity index (χ3n) is 2.07. The van der Waals surface area contributed by atoms with Crippen LogP contribution in [0.5, 0.6) is 0 Å². The lowest BCUT2D eigenvalue weighted by Gasteiger charge is -2.02. The Morgan fingerprint density at radius 3 is 2.71 bits per heavy atom. The number of hydrogen-bond acceptors (Lipinski definition) is 2. The molecular formula is C10H11N3O.